The van der Waals surface area contributed by atoms with Crippen molar-refractivity contribution in [2.45, 2.75) is 13.2 Å². The Morgan fingerprint density at radius 3 is 2.18 bits per heavy atom. The molecule has 0 aliphatic heterocycles. The van der Waals surface area contributed by atoms with Crippen LogP contribution < -0.4 is 0 Å². The molecule has 0 unspecified atom stereocenters. The first-order chi connectivity index (χ1) is 4.95. The summed E-state index contributed by atoms with van der Waals surface area (Å²) in [7, 11) is 0. The fourth-order valence-electron chi connectivity index (χ4n) is 0.259. The van der Waals surface area contributed by atoms with E-state index < -0.39 is 18.0 Å². The van der Waals surface area contributed by atoms with Gasteiger partial charge in [0.15, 0.2) is 5.76 Å². The van der Waals surface area contributed by atoms with E-state index in [9.17, 15) is 4.79 Å². The van der Waals surface area contributed by atoms with E-state index in [1.807, 2.05) is 0 Å². The van der Waals surface area contributed by atoms with E-state index in [-0.39, 0.29) is 5.57 Å². The van der Waals surface area contributed by atoms with E-state index in [4.69, 9.17) is 10.2 Å². The van der Waals surface area contributed by atoms with Gasteiger partial charge in [0.2, 0.25) is 6.29 Å². The summed E-state index contributed by atoms with van der Waals surface area (Å²) in [4.78, 5) is 10.7. The molecule has 2 N–H and O–H groups in total. The minimum atomic E-state index is -1.83. The van der Waals surface area contributed by atoms with Gasteiger partial charge in [0.25, 0.3) is 0 Å². The van der Waals surface area contributed by atoms with Gasteiger partial charge in [-0.15, -0.1) is 0 Å². The molecule has 0 aromatic rings. The van der Waals surface area contributed by atoms with Crippen LogP contribution in [0.15, 0.2) is 24.5 Å². The molecule has 4 heteroatoms. The van der Waals surface area contributed by atoms with Gasteiger partial charge in [0.05, 0.1) is 0 Å². The van der Waals surface area contributed by atoms with Crippen molar-refractivity contribution in [2.24, 2.45) is 0 Å². The molecule has 0 radical (unpaired) electrons. The van der Waals surface area contributed by atoms with E-state index in [1.165, 1.54) is 6.92 Å². The quantitative estimate of drug-likeness (QED) is 0.261. The van der Waals surface area contributed by atoms with E-state index in [1.54, 1.807) is 0 Å². The van der Waals surface area contributed by atoms with Gasteiger partial charge in [-0.05, 0) is 6.92 Å². The van der Waals surface area contributed by atoms with Crippen molar-refractivity contribution in [2.75, 3.05) is 0 Å². The molecule has 0 saturated carbocycles. The third-order valence-corrected chi connectivity index (χ3v) is 0.860. The standard InChI is InChI=1S/C7H10O4/c1-4(2)7(10)11-5(3)6(8)9/h6,8-9H,1,3H2,2H3. The van der Waals surface area contributed by atoms with Crippen LogP contribution in [-0.4, -0.2) is 22.5 Å². The lowest BCUT2D eigenvalue weighted by atomic mass is 10.4. The van der Waals surface area contributed by atoms with Crippen molar-refractivity contribution in [1.82, 2.24) is 0 Å². The zero-order valence-corrected chi connectivity index (χ0v) is 6.20. The summed E-state index contributed by atoms with van der Waals surface area (Å²) in [5, 5.41) is 16.8. The van der Waals surface area contributed by atoms with Gasteiger partial charge in [-0.3, -0.25) is 0 Å². The predicted octanol–water partition coefficient (Wildman–Crippen LogP) is -0.0699. The van der Waals surface area contributed by atoms with E-state index in [0.29, 0.717) is 0 Å². The Bertz CT molecular complexity index is 193. The summed E-state index contributed by atoms with van der Waals surface area (Å²) in [5.41, 5.74) is 0.173. The number of esters is 1. The highest BCUT2D eigenvalue weighted by atomic mass is 16.6. The van der Waals surface area contributed by atoms with Crippen LogP contribution in [0.5, 0.6) is 0 Å². The summed E-state index contributed by atoms with van der Waals surface area (Å²) in [6, 6.07) is 0. The number of ether oxygens (including phenoxy) is 1. The molecule has 0 amide bonds. The summed E-state index contributed by atoms with van der Waals surface area (Å²) in [5.74, 6) is -1.12. The molecule has 0 bridgehead atoms. The van der Waals surface area contributed by atoms with Crippen molar-refractivity contribution in [3.05, 3.63) is 24.5 Å². The average molecular weight is 158 g/mol. The number of rotatable bonds is 3. The number of hydrogen-bond acceptors (Lipinski definition) is 4. The Labute approximate surface area is 64.4 Å². The molecule has 62 valence electrons. The van der Waals surface area contributed by atoms with Crippen molar-refractivity contribution in [3.8, 4) is 0 Å². The van der Waals surface area contributed by atoms with Crippen LogP contribution in [0.1, 0.15) is 6.92 Å². The van der Waals surface area contributed by atoms with Gasteiger partial charge in [-0.2, -0.15) is 0 Å². The second kappa shape index (κ2) is 3.90. The smallest absolute Gasteiger partial charge is 0.338 e. The highest BCUT2D eigenvalue weighted by Gasteiger charge is 2.10. The summed E-state index contributed by atoms with van der Waals surface area (Å²) >= 11 is 0. The number of aliphatic hydroxyl groups excluding tert-OH is 1. The van der Waals surface area contributed by atoms with Crippen molar-refractivity contribution in [3.63, 3.8) is 0 Å². The van der Waals surface area contributed by atoms with Crippen molar-refractivity contribution >= 4 is 5.97 Å². The third-order valence-electron chi connectivity index (χ3n) is 0.860. The monoisotopic (exact) mass is 158 g/mol. The number of hydrogen-bond donors (Lipinski definition) is 2. The predicted molar refractivity (Wildman–Crippen MR) is 38.3 cm³/mol. The van der Waals surface area contributed by atoms with Gasteiger partial charge in [0.1, 0.15) is 0 Å². The van der Waals surface area contributed by atoms with Crippen molar-refractivity contribution in [1.29, 1.82) is 0 Å². The van der Waals surface area contributed by atoms with Crippen LogP contribution in [0.25, 0.3) is 0 Å². The minimum absolute atomic E-state index is 0.173. The molecule has 0 heterocycles. The van der Waals surface area contributed by atoms with Gasteiger partial charge >= 0.3 is 5.97 Å². The fourth-order valence-corrected chi connectivity index (χ4v) is 0.259. The fraction of sp³-hybridized carbons (Fsp3) is 0.286. The van der Waals surface area contributed by atoms with Gasteiger partial charge in [0, 0.05) is 5.57 Å². The van der Waals surface area contributed by atoms with Crippen LogP contribution >= 0.6 is 0 Å². The first-order valence-electron chi connectivity index (χ1n) is 2.87. The highest BCUT2D eigenvalue weighted by molar-refractivity contribution is 5.87. The maximum absolute atomic E-state index is 10.7. The Morgan fingerprint density at radius 2 is 1.91 bits per heavy atom. The molecule has 11 heavy (non-hydrogen) atoms. The van der Waals surface area contributed by atoms with E-state index in [0.717, 1.165) is 0 Å². The molecule has 0 aliphatic carbocycles. The topological polar surface area (TPSA) is 66.8 Å². The molecule has 4 nitrogen and oxygen atoms in total. The third kappa shape index (κ3) is 3.54. The summed E-state index contributed by atoms with van der Waals surface area (Å²) < 4.78 is 4.34. The second-order valence-electron chi connectivity index (χ2n) is 2.01. The maximum atomic E-state index is 10.7. The van der Waals surface area contributed by atoms with Gasteiger partial charge in [-0.1, -0.05) is 13.2 Å². The Kier molecular flexibility index (Phi) is 3.50. The molecular formula is C7H10O4. The first kappa shape index (κ1) is 9.87. The number of carbonyl (C=O) groups is 1. The number of aliphatic hydroxyl groups is 2. The molecule has 0 saturated heterocycles. The Morgan fingerprint density at radius 1 is 1.45 bits per heavy atom. The van der Waals surface area contributed by atoms with Crippen LogP contribution in [0.2, 0.25) is 0 Å². The molecule has 0 atom stereocenters. The van der Waals surface area contributed by atoms with E-state index >= 15 is 0 Å². The van der Waals surface area contributed by atoms with Gasteiger partial charge in [-0.25, -0.2) is 4.79 Å². The highest BCUT2D eigenvalue weighted by Crippen LogP contribution is 2.02. The van der Waals surface area contributed by atoms with Crippen LogP contribution in [0.3, 0.4) is 0 Å². The van der Waals surface area contributed by atoms with Crippen LogP contribution in [0.4, 0.5) is 0 Å². The van der Waals surface area contributed by atoms with Gasteiger partial charge < -0.3 is 14.9 Å². The molecule has 0 spiro atoms. The van der Waals surface area contributed by atoms with Crippen LogP contribution in [0, 0.1) is 0 Å². The SMILES string of the molecule is C=C(C)C(=O)OC(=C)C(O)O. The molecule has 0 aromatic carbocycles. The lowest BCUT2D eigenvalue weighted by molar-refractivity contribution is -0.141. The lowest BCUT2D eigenvalue weighted by Gasteiger charge is -2.07. The Balaban J connectivity index is 3.96. The average Bonchev–Trinajstić information content (AvgIpc) is 1.87. The normalized spacial score (nSPS) is 9.45. The molecule has 0 aromatic heterocycles. The molecule has 0 fully saturated rings. The summed E-state index contributed by atoms with van der Waals surface area (Å²) in [6.45, 7) is 7.82. The molecular weight excluding hydrogens is 148 g/mol. The molecule has 0 rings (SSSR count). The molecule has 0 aliphatic rings. The number of carbonyl (C=O) groups excluding carboxylic acids is 1. The lowest BCUT2D eigenvalue weighted by Crippen LogP contribution is -2.14. The Hall–Kier alpha value is -1.13. The first-order valence-corrected chi connectivity index (χ1v) is 2.87. The minimum Gasteiger partial charge on any atom is -0.423 e. The zero-order chi connectivity index (χ0) is 9.02. The van der Waals surface area contributed by atoms with E-state index in [2.05, 4.69) is 17.9 Å². The van der Waals surface area contributed by atoms with Crippen LogP contribution in [-0.2, 0) is 9.53 Å². The maximum Gasteiger partial charge on any atom is 0.338 e. The zero-order valence-electron chi connectivity index (χ0n) is 6.20. The largest absolute Gasteiger partial charge is 0.423 e. The second-order valence-corrected chi connectivity index (χ2v) is 2.01. The van der Waals surface area contributed by atoms with Crippen molar-refractivity contribution < 1.29 is 19.7 Å². The summed E-state index contributed by atoms with van der Waals surface area (Å²) in [6.07, 6.45) is -1.83.